The molecule has 0 saturated carbocycles. The van der Waals surface area contributed by atoms with Crippen LogP contribution in [0.2, 0.25) is 0 Å². The van der Waals surface area contributed by atoms with Crippen molar-refractivity contribution in [3.05, 3.63) is 71.8 Å². The Morgan fingerprint density at radius 3 is 1.83 bits per heavy atom. The van der Waals surface area contributed by atoms with Crippen LogP contribution in [-0.2, 0) is 51.2 Å². The third-order valence-corrected chi connectivity index (χ3v) is 11.7. The Hall–Kier alpha value is -6.61. The molecule has 7 atom stereocenters. The van der Waals surface area contributed by atoms with Gasteiger partial charge in [-0.15, -0.1) is 0 Å². The van der Waals surface area contributed by atoms with Gasteiger partial charge in [0.25, 0.3) is 0 Å². The maximum Gasteiger partial charge on any atom is 0.326 e. The second-order valence-electron chi connectivity index (χ2n) is 16.4. The summed E-state index contributed by atoms with van der Waals surface area (Å²) in [5, 5.41) is 36.4. The van der Waals surface area contributed by atoms with Crippen LogP contribution in [0.4, 0.5) is 0 Å². The monoisotopic (exact) mass is 903 g/mol. The number of carboxylic acid groups (broad SMARTS) is 1. The maximum absolute atomic E-state index is 14.0. The summed E-state index contributed by atoms with van der Waals surface area (Å²) in [7, 11) is 0. The largest absolute Gasteiger partial charge is 0.480 e. The van der Waals surface area contributed by atoms with Crippen LogP contribution >= 0.6 is 0 Å². The molecule has 2 aromatic carbocycles. The number of guanidine groups is 1. The highest BCUT2D eigenvalue weighted by molar-refractivity contribution is 5.97. The fourth-order valence-corrected chi connectivity index (χ4v) is 8.31. The Balaban J connectivity index is 1.23. The van der Waals surface area contributed by atoms with Crippen molar-refractivity contribution >= 4 is 53.3 Å². The smallest absolute Gasteiger partial charge is 0.326 e. The zero-order valence-electron chi connectivity index (χ0n) is 36.3. The molecule has 3 heterocycles. The van der Waals surface area contributed by atoms with E-state index in [1.54, 1.807) is 65.6 Å². The number of rotatable bonds is 22. The van der Waals surface area contributed by atoms with Crippen LogP contribution in [0.1, 0.15) is 62.5 Å². The van der Waals surface area contributed by atoms with Gasteiger partial charge in [0.05, 0.1) is 19.2 Å². The molecule has 0 aromatic heterocycles. The highest BCUT2D eigenvalue weighted by atomic mass is 16.4. The minimum Gasteiger partial charge on any atom is -0.480 e. The average molecular weight is 904 g/mol. The van der Waals surface area contributed by atoms with Gasteiger partial charge in [-0.2, -0.15) is 0 Å². The number of nitrogens with one attached hydrogen (secondary N) is 6. The third-order valence-electron chi connectivity index (χ3n) is 11.7. The van der Waals surface area contributed by atoms with Crippen LogP contribution in [0.15, 0.2) is 65.7 Å². The molecule has 5 rings (SSSR count). The van der Waals surface area contributed by atoms with Gasteiger partial charge in [-0.25, -0.2) is 4.79 Å². The summed E-state index contributed by atoms with van der Waals surface area (Å²) < 4.78 is 0. The van der Waals surface area contributed by atoms with E-state index in [1.807, 2.05) is 0 Å². The molecule has 0 spiro atoms. The molecule has 3 aliphatic rings. The van der Waals surface area contributed by atoms with Crippen LogP contribution in [0.25, 0.3) is 0 Å². The van der Waals surface area contributed by atoms with Crippen molar-refractivity contribution in [2.24, 2.45) is 16.5 Å². The Kier molecular flexibility index (Phi) is 18.6. The Labute approximate surface area is 376 Å². The maximum atomic E-state index is 14.0. The molecule has 12 N–H and O–H groups in total. The fourth-order valence-electron chi connectivity index (χ4n) is 8.31. The lowest BCUT2D eigenvalue weighted by atomic mass is 10.0. The zero-order chi connectivity index (χ0) is 46.9. The molecule has 21 nitrogen and oxygen atoms in total. The van der Waals surface area contributed by atoms with Gasteiger partial charge < -0.3 is 63.4 Å². The summed E-state index contributed by atoms with van der Waals surface area (Å²) in [6.45, 7) is 0.0243. The lowest BCUT2D eigenvalue weighted by molar-refractivity contribution is -0.144. The molecule has 7 amide bonds. The minimum absolute atomic E-state index is 0.00348. The summed E-state index contributed by atoms with van der Waals surface area (Å²) in [6, 6.07) is 9.92. The number of nitrogens with zero attached hydrogens (tertiary/aromatic N) is 3. The van der Waals surface area contributed by atoms with E-state index in [0.717, 1.165) is 13.0 Å². The average Bonchev–Trinajstić information content (AvgIpc) is 4.12. The summed E-state index contributed by atoms with van der Waals surface area (Å²) >= 11 is 0. The minimum atomic E-state index is -1.54. The van der Waals surface area contributed by atoms with Gasteiger partial charge in [0.2, 0.25) is 41.4 Å². The van der Waals surface area contributed by atoms with E-state index in [0.29, 0.717) is 43.4 Å². The lowest BCUT2D eigenvalue weighted by Gasteiger charge is -2.30. The number of carbonyl (C=O) groups excluding carboxylic acids is 7. The quantitative estimate of drug-likeness (QED) is 0.0330. The number of amides is 7. The van der Waals surface area contributed by atoms with Gasteiger partial charge in [0.1, 0.15) is 36.3 Å². The van der Waals surface area contributed by atoms with E-state index < -0.39 is 90.8 Å². The molecule has 3 aliphatic heterocycles. The van der Waals surface area contributed by atoms with Gasteiger partial charge >= 0.3 is 5.97 Å². The molecule has 0 bridgehead atoms. The van der Waals surface area contributed by atoms with Crippen LogP contribution in [0.3, 0.4) is 0 Å². The number of hydrogen-bond acceptors (Lipinski definition) is 11. The Morgan fingerprint density at radius 1 is 0.708 bits per heavy atom. The predicted molar refractivity (Wildman–Crippen MR) is 236 cm³/mol. The van der Waals surface area contributed by atoms with E-state index in [2.05, 4.69) is 36.9 Å². The van der Waals surface area contributed by atoms with Crippen molar-refractivity contribution in [1.82, 2.24) is 41.7 Å². The molecular weight excluding hydrogens is 843 g/mol. The van der Waals surface area contributed by atoms with Gasteiger partial charge in [0, 0.05) is 32.5 Å². The molecule has 0 aliphatic carbocycles. The second-order valence-corrected chi connectivity index (χ2v) is 16.4. The lowest BCUT2D eigenvalue weighted by Crippen LogP contribution is -2.60. The number of aliphatic hydroxyl groups is 1. The van der Waals surface area contributed by atoms with E-state index in [9.17, 15) is 48.6 Å². The predicted octanol–water partition coefficient (Wildman–Crippen LogP) is -2.61. The van der Waals surface area contributed by atoms with E-state index in [4.69, 9.17) is 11.5 Å². The van der Waals surface area contributed by atoms with Crippen molar-refractivity contribution in [3.8, 4) is 0 Å². The Morgan fingerprint density at radius 2 is 1.28 bits per heavy atom. The topological polar surface area (TPSA) is 320 Å². The van der Waals surface area contributed by atoms with Gasteiger partial charge in [-0.3, -0.25) is 38.6 Å². The number of nitrogens with two attached hydrogens (primary N) is 2. The highest BCUT2D eigenvalue weighted by Gasteiger charge is 2.41. The van der Waals surface area contributed by atoms with E-state index in [1.165, 1.54) is 4.90 Å². The van der Waals surface area contributed by atoms with Gasteiger partial charge in [0.15, 0.2) is 5.96 Å². The summed E-state index contributed by atoms with van der Waals surface area (Å²) in [5.41, 5.74) is 12.0. The summed E-state index contributed by atoms with van der Waals surface area (Å²) in [4.78, 5) is 114. The van der Waals surface area contributed by atoms with Crippen molar-refractivity contribution in [2.75, 3.05) is 39.3 Å². The first-order valence-electron chi connectivity index (χ1n) is 22.0. The first-order valence-corrected chi connectivity index (χ1v) is 22.0. The third kappa shape index (κ3) is 14.4. The zero-order valence-corrected chi connectivity index (χ0v) is 36.3. The summed E-state index contributed by atoms with van der Waals surface area (Å²) in [6.07, 6.45) is 3.42. The van der Waals surface area contributed by atoms with Crippen molar-refractivity contribution in [3.63, 3.8) is 0 Å². The van der Waals surface area contributed by atoms with Crippen LogP contribution < -0.4 is 43.4 Å². The number of aliphatic carboxylic acids is 1. The first kappa shape index (κ1) is 49.4. The van der Waals surface area contributed by atoms with Crippen molar-refractivity contribution in [1.29, 1.82) is 0 Å². The number of aliphatic imine (C=N–C) groups is 1. The highest BCUT2D eigenvalue weighted by Crippen LogP contribution is 2.22. The fraction of sp³-hybridized carbons (Fsp3) is 0.523. The van der Waals surface area contributed by atoms with Crippen molar-refractivity contribution in [2.45, 2.75) is 107 Å². The molecule has 2 aromatic rings. The molecule has 21 heteroatoms. The van der Waals surface area contributed by atoms with E-state index >= 15 is 0 Å². The number of benzene rings is 2. The van der Waals surface area contributed by atoms with Crippen LogP contribution in [0.5, 0.6) is 0 Å². The van der Waals surface area contributed by atoms with Gasteiger partial charge in [-0.1, -0.05) is 60.7 Å². The molecule has 0 unspecified atom stereocenters. The number of likely N-dealkylation sites (tertiary alicyclic amines) is 2. The van der Waals surface area contributed by atoms with Crippen molar-refractivity contribution < 1.29 is 48.6 Å². The normalized spacial score (nSPS) is 19.8. The molecule has 0 radical (unpaired) electrons. The number of carbonyl (C=O) groups is 8. The van der Waals surface area contributed by atoms with E-state index in [-0.39, 0.29) is 63.1 Å². The SMILES string of the molecule is NC(N)=NCCC[C@H](NC(=O)[C@H](Cc1ccccc1)NC(=O)[C@@H]1CCCN1C(=O)[C@H](CO)NC(=O)[C@H](Cc1ccccc1)NC(=O)CNC(=O)[C@@H]1CCCN1C(=O)[C@H]1CCCN1)C(=O)O. The molecule has 352 valence electrons. The number of carboxylic acids is 1. The number of hydrogen-bond donors (Lipinski definition) is 10. The molecular formula is C44H61N11O10. The summed E-state index contributed by atoms with van der Waals surface area (Å²) in [5.74, 6) is -5.87. The van der Waals surface area contributed by atoms with Crippen LogP contribution in [-0.4, -0.2) is 155 Å². The molecule has 3 saturated heterocycles. The standard InChI is InChI=1S/C44H61N11O10/c45-44(46)48-20-8-16-30(43(64)65)51-38(59)32(24-28-13-5-2-6-14-28)52-40(61)35-18-10-22-55(35)42(63)33(26-56)53-37(58)31(23-27-11-3-1-4-12-27)50-36(57)25-49-39(60)34-17-9-21-54(34)41(62)29-15-7-19-47-29/h1-6,11-14,29-35,47,56H,7-10,15-26H2,(H,49,60)(H,50,57)(H,51,59)(H,52,61)(H,53,58)(H,64,65)(H4,45,46,48)/t29-,30+,31+,32+,33+,34+,35+/m1/s1. The molecule has 65 heavy (non-hydrogen) atoms. The molecule has 3 fully saturated rings. The van der Waals surface area contributed by atoms with Gasteiger partial charge in [-0.05, 0) is 69.0 Å². The number of aliphatic hydroxyl groups excluding tert-OH is 1. The first-order chi connectivity index (χ1) is 31.2. The Bertz CT molecular complexity index is 2010. The second kappa shape index (κ2) is 24.5. The van der Waals surface area contributed by atoms with Crippen LogP contribution in [0, 0.1) is 0 Å².